The van der Waals surface area contributed by atoms with Crippen LogP contribution < -0.4 is 10.6 Å². The zero-order valence-corrected chi connectivity index (χ0v) is 16.0. The van der Waals surface area contributed by atoms with Gasteiger partial charge in [-0.05, 0) is 47.2 Å². The predicted molar refractivity (Wildman–Crippen MR) is 109 cm³/mol. The number of benzene rings is 2. The van der Waals surface area contributed by atoms with Crippen LogP contribution in [-0.4, -0.2) is 16.5 Å². The molecule has 140 valence electrons. The Hall–Kier alpha value is -2.95. The Balaban J connectivity index is 1.59. The minimum atomic E-state index is -0.178. The summed E-state index contributed by atoms with van der Waals surface area (Å²) >= 11 is 0. The molecule has 5 heteroatoms. The van der Waals surface area contributed by atoms with Crippen LogP contribution in [-0.2, 0) is 11.8 Å². The average molecular weight is 364 g/mol. The first-order chi connectivity index (χ1) is 12.9. The maximum absolute atomic E-state index is 13.7. The molecule has 3 aromatic rings. The highest BCUT2D eigenvalue weighted by Gasteiger charge is 2.13. The van der Waals surface area contributed by atoms with Crippen molar-refractivity contribution in [2.45, 2.75) is 32.6 Å². The van der Waals surface area contributed by atoms with Crippen LogP contribution in [0.25, 0.3) is 0 Å². The minimum absolute atomic E-state index is 0.122. The van der Waals surface area contributed by atoms with Crippen LogP contribution in [0.15, 0.2) is 60.8 Å². The Labute approximate surface area is 159 Å². The van der Waals surface area contributed by atoms with Gasteiger partial charge in [0.05, 0.1) is 0 Å². The van der Waals surface area contributed by atoms with Crippen molar-refractivity contribution in [3.63, 3.8) is 0 Å². The van der Waals surface area contributed by atoms with Gasteiger partial charge < -0.3 is 10.6 Å². The fourth-order valence-electron chi connectivity index (χ4n) is 2.73. The molecule has 3 rings (SSSR count). The van der Waals surface area contributed by atoms with E-state index in [1.165, 1.54) is 11.6 Å². The van der Waals surface area contributed by atoms with Crippen molar-refractivity contribution in [1.82, 2.24) is 9.97 Å². The maximum Gasteiger partial charge on any atom is 0.229 e. The van der Waals surface area contributed by atoms with Crippen LogP contribution in [0.1, 0.15) is 31.9 Å². The quantitative estimate of drug-likeness (QED) is 0.622. The van der Waals surface area contributed by atoms with Crippen LogP contribution in [0.3, 0.4) is 0 Å². The Morgan fingerprint density at radius 2 is 1.70 bits per heavy atom. The lowest BCUT2D eigenvalue weighted by atomic mass is 9.87. The van der Waals surface area contributed by atoms with E-state index in [9.17, 15) is 4.39 Å². The highest BCUT2D eigenvalue weighted by Crippen LogP contribution is 2.24. The second-order valence-electron chi connectivity index (χ2n) is 7.49. The molecule has 0 amide bonds. The van der Waals surface area contributed by atoms with Crippen molar-refractivity contribution in [1.29, 1.82) is 0 Å². The van der Waals surface area contributed by atoms with Gasteiger partial charge in [0.25, 0.3) is 0 Å². The van der Waals surface area contributed by atoms with Crippen molar-refractivity contribution in [3.8, 4) is 0 Å². The summed E-state index contributed by atoms with van der Waals surface area (Å²) in [6.07, 6.45) is 2.29. The first-order valence-corrected chi connectivity index (χ1v) is 9.10. The molecular formula is C22H25FN4. The summed E-state index contributed by atoms with van der Waals surface area (Å²) in [6, 6.07) is 16.9. The summed E-state index contributed by atoms with van der Waals surface area (Å²) in [5, 5.41) is 6.44. The molecule has 0 atom stereocenters. The Bertz CT molecular complexity index is 885. The SMILES string of the molecule is CC(C)(C)c1ccc(Nc2nccc(NCCc3ccccc3F)n2)cc1. The van der Waals surface area contributed by atoms with Gasteiger partial charge in [-0.25, -0.2) is 9.37 Å². The van der Waals surface area contributed by atoms with E-state index < -0.39 is 0 Å². The van der Waals surface area contributed by atoms with Crippen LogP contribution in [0, 0.1) is 5.82 Å². The van der Waals surface area contributed by atoms with Gasteiger partial charge in [-0.2, -0.15) is 4.98 Å². The van der Waals surface area contributed by atoms with E-state index in [4.69, 9.17) is 0 Å². The molecule has 0 bridgehead atoms. The highest BCUT2D eigenvalue weighted by atomic mass is 19.1. The number of nitrogens with zero attached hydrogens (tertiary/aromatic N) is 2. The number of halogens is 1. The lowest BCUT2D eigenvalue weighted by Crippen LogP contribution is -2.11. The predicted octanol–water partition coefficient (Wildman–Crippen LogP) is 5.31. The van der Waals surface area contributed by atoms with Gasteiger partial charge in [-0.15, -0.1) is 0 Å². The standard InChI is InChI=1S/C22H25FN4/c1-22(2,3)17-8-10-18(11-9-17)26-21-25-15-13-20(27-21)24-14-12-16-6-4-5-7-19(16)23/h4-11,13,15H,12,14H2,1-3H3,(H2,24,25,26,27). The van der Waals surface area contributed by atoms with Crippen LogP contribution in [0.5, 0.6) is 0 Å². The molecule has 1 heterocycles. The first-order valence-electron chi connectivity index (χ1n) is 9.10. The second-order valence-corrected chi connectivity index (χ2v) is 7.49. The molecule has 4 nitrogen and oxygen atoms in total. The number of aromatic nitrogens is 2. The normalized spacial score (nSPS) is 11.3. The maximum atomic E-state index is 13.7. The lowest BCUT2D eigenvalue weighted by molar-refractivity contribution is 0.590. The Morgan fingerprint density at radius 1 is 0.963 bits per heavy atom. The van der Waals surface area contributed by atoms with Gasteiger partial charge in [0.2, 0.25) is 5.95 Å². The molecule has 0 aliphatic carbocycles. The molecule has 2 aromatic carbocycles. The number of hydrogen-bond donors (Lipinski definition) is 2. The fraction of sp³-hybridized carbons (Fsp3) is 0.273. The van der Waals surface area contributed by atoms with Crippen LogP contribution in [0.4, 0.5) is 21.8 Å². The van der Waals surface area contributed by atoms with Gasteiger partial charge >= 0.3 is 0 Å². The van der Waals surface area contributed by atoms with Crippen molar-refractivity contribution in [3.05, 3.63) is 77.7 Å². The molecule has 0 aliphatic rings. The van der Waals surface area contributed by atoms with Crippen molar-refractivity contribution in [2.75, 3.05) is 17.2 Å². The molecule has 1 aromatic heterocycles. The van der Waals surface area contributed by atoms with Crippen LogP contribution >= 0.6 is 0 Å². The van der Waals surface area contributed by atoms with E-state index in [2.05, 4.69) is 53.5 Å². The zero-order chi connectivity index (χ0) is 19.3. The van der Waals surface area contributed by atoms with Gasteiger partial charge in [-0.3, -0.25) is 0 Å². The minimum Gasteiger partial charge on any atom is -0.370 e. The van der Waals surface area contributed by atoms with E-state index in [1.54, 1.807) is 24.4 Å². The summed E-state index contributed by atoms with van der Waals surface area (Å²) in [5.41, 5.74) is 3.03. The van der Waals surface area contributed by atoms with E-state index in [0.717, 1.165) is 5.69 Å². The number of hydrogen-bond acceptors (Lipinski definition) is 4. The molecule has 0 saturated heterocycles. The van der Waals surface area contributed by atoms with E-state index >= 15 is 0 Å². The van der Waals surface area contributed by atoms with Gasteiger partial charge in [0.1, 0.15) is 11.6 Å². The number of anilines is 3. The summed E-state index contributed by atoms with van der Waals surface area (Å²) in [5.74, 6) is 1.05. The van der Waals surface area contributed by atoms with Crippen molar-refractivity contribution in [2.24, 2.45) is 0 Å². The summed E-state index contributed by atoms with van der Waals surface area (Å²) in [7, 11) is 0. The molecule has 0 unspecified atom stereocenters. The van der Waals surface area contributed by atoms with Crippen LogP contribution in [0.2, 0.25) is 0 Å². The molecule has 0 saturated carbocycles. The lowest BCUT2D eigenvalue weighted by Gasteiger charge is -2.19. The molecule has 0 spiro atoms. The largest absolute Gasteiger partial charge is 0.370 e. The first kappa shape index (κ1) is 18.8. The summed E-state index contributed by atoms with van der Waals surface area (Å²) in [6.45, 7) is 7.16. The monoisotopic (exact) mass is 364 g/mol. The number of nitrogens with one attached hydrogen (secondary N) is 2. The van der Waals surface area contributed by atoms with Crippen molar-refractivity contribution < 1.29 is 4.39 Å². The Morgan fingerprint density at radius 3 is 2.41 bits per heavy atom. The van der Waals surface area contributed by atoms with Gasteiger partial charge in [0, 0.05) is 18.4 Å². The molecule has 2 N–H and O–H groups in total. The summed E-state index contributed by atoms with van der Waals surface area (Å²) < 4.78 is 13.7. The third kappa shape index (κ3) is 5.26. The Kier molecular flexibility index (Phi) is 5.69. The fourth-order valence-corrected chi connectivity index (χ4v) is 2.73. The highest BCUT2D eigenvalue weighted by molar-refractivity contribution is 5.55. The summed E-state index contributed by atoms with van der Waals surface area (Å²) in [4.78, 5) is 8.73. The topological polar surface area (TPSA) is 49.8 Å². The van der Waals surface area contributed by atoms with E-state index in [0.29, 0.717) is 30.3 Å². The van der Waals surface area contributed by atoms with Crippen molar-refractivity contribution >= 4 is 17.5 Å². The van der Waals surface area contributed by atoms with Gasteiger partial charge in [-0.1, -0.05) is 51.1 Å². The zero-order valence-electron chi connectivity index (χ0n) is 16.0. The average Bonchev–Trinajstić information content (AvgIpc) is 2.63. The third-order valence-corrected chi connectivity index (χ3v) is 4.32. The van der Waals surface area contributed by atoms with E-state index in [1.807, 2.05) is 18.2 Å². The second kappa shape index (κ2) is 8.16. The van der Waals surface area contributed by atoms with E-state index in [-0.39, 0.29) is 11.2 Å². The molecule has 27 heavy (non-hydrogen) atoms. The molecular weight excluding hydrogens is 339 g/mol. The molecule has 0 fully saturated rings. The third-order valence-electron chi connectivity index (χ3n) is 4.32. The van der Waals surface area contributed by atoms with Gasteiger partial charge in [0.15, 0.2) is 0 Å². The molecule has 0 aliphatic heterocycles. The number of rotatable bonds is 6. The smallest absolute Gasteiger partial charge is 0.229 e. The molecule has 0 radical (unpaired) electrons.